The first kappa shape index (κ1) is 18.5. The molecule has 2 aromatic rings. The molecule has 26 heavy (non-hydrogen) atoms. The van der Waals surface area contributed by atoms with E-state index in [-0.39, 0.29) is 24.5 Å². The van der Waals surface area contributed by atoms with Gasteiger partial charge in [0.2, 0.25) is 5.91 Å². The van der Waals surface area contributed by atoms with Crippen LogP contribution in [-0.4, -0.2) is 31.3 Å². The van der Waals surface area contributed by atoms with Gasteiger partial charge in [0.1, 0.15) is 0 Å². The summed E-state index contributed by atoms with van der Waals surface area (Å²) in [5.74, 6) is 0.351. The van der Waals surface area contributed by atoms with Crippen molar-refractivity contribution in [2.24, 2.45) is 5.92 Å². The Labute approximate surface area is 159 Å². The van der Waals surface area contributed by atoms with Gasteiger partial charge in [-0.05, 0) is 48.7 Å². The maximum Gasteiger partial charge on any atom is 0.220 e. The Morgan fingerprint density at radius 2 is 1.77 bits per heavy atom. The lowest BCUT2D eigenvalue weighted by Gasteiger charge is -2.18. The van der Waals surface area contributed by atoms with E-state index < -0.39 is 0 Å². The second kappa shape index (κ2) is 8.86. The largest absolute Gasteiger partial charge is 0.371 e. The molecule has 1 N–H and O–H groups in total. The minimum absolute atomic E-state index is 0.0343. The fourth-order valence-corrected chi connectivity index (χ4v) is 3.35. The van der Waals surface area contributed by atoms with Crippen molar-refractivity contribution >= 4 is 29.0 Å². The molecule has 1 unspecified atom stereocenters. The summed E-state index contributed by atoms with van der Waals surface area (Å²) in [6, 6.07) is 17.1. The van der Waals surface area contributed by atoms with E-state index in [0.717, 1.165) is 19.5 Å². The smallest absolute Gasteiger partial charge is 0.220 e. The molecule has 4 nitrogen and oxygen atoms in total. The van der Waals surface area contributed by atoms with Crippen LogP contribution in [-0.2, 0) is 4.79 Å². The first-order valence-corrected chi connectivity index (χ1v) is 9.35. The van der Waals surface area contributed by atoms with Crippen LogP contribution in [0.5, 0.6) is 0 Å². The molecule has 0 bridgehead atoms. The second-order valence-electron chi connectivity index (χ2n) is 6.67. The zero-order valence-corrected chi connectivity index (χ0v) is 15.4. The van der Waals surface area contributed by atoms with Gasteiger partial charge in [-0.25, -0.2) is 0 Å². The third-order valence-electron chi connectivity index (χ3n) is 4.74. The maximum absolute atomic E-state index is 12.1. The number of amides is 1. The van der Waals surface area contributed by atoms with Gasteiger partial charge in [0.25, 0.3) is 0 Å². The van der Waals surface area contributed by atoms with Gasteiger partial charge in [-0.3, -0.25) is 9.59 Å². The quantitative estimate of drug-likeness (QED) is 0.751. The van der Waals surface area contributed by atoms with Crippen molar-refractivity contribution in [2.75, 3.05) is 24.5 Å². The summed E-state index contributed by atoms with van der Waals surface area (Å²) >= 11 is 5.82. The molecule has 1 amide bonds. The number of para-hydroxylation sites is 1. The number of anilines is 1. The van der Waals surface area contributed by atoms with Gasteiger partial charge in [0.05, 0.1) is 0 Å². The van der Waals surface area contributed by atoms with Crippen molar-refractivity contribution in [2.45, 2.75) is 19.3 Å². The monoisotopic (exact) mass is 370 g/mol. The topological polar surface area (TPSA) is 49.4 Å². The van der Waals surface area contributed by atoms with Gasteiger partial charge in [0.15, 0.2) is 5.78 Å². The number of carbonyl (C=O) groups excluding carboxylic acids is 2. The van der Waals surface area contributed by atoms with E-state index in [1.807, 2.05) is 18.2 Å². The van der Waals surface area contributed by atoms with E-state index in [2.05, 4.69) is 22.3 Å². The van der Waals surface area contributed by atoms with Crippen molar-refractivity contribution in [3.05, 3.63) is 65.2 Å². The van der Waals surface area contributed by atoms with E-state index >= 15 is 0 Å². The van der Waals surface area contributed by atoms with Crippen molar-refractivity contribution in [3.8, 4) is 0 Å². The highest BCUT2D eigenvalue weighted by Crippen LogP contribution is 2.23. The highest BCUT2D eigenvalue weighted by molar-refractivity contribution is 6.30. The van der Waals surface area contributed by atoms with Crippen molar-refractivity contribution in [1.82, 2.24) is 5.32 Å². The fraction of sp³-hybridized carbons (Fsp3) is 0.333. The van der Waals surface area contributed by atoms with E-state index in [1.54, 1.807) is 24.3 Å². The Hall–Kier alpha value is -2.33. The number of nitrogens with zero attached hydrogens (tertiary/aromatic N) is 1. The number of nitrogens with one attached hydrogen (secondary N) is 1. The minimum atomic E-state index is -0.0644. The number of carbonyl (C=O) groups is 2. The lowest BCUT2D eigenvalue weighted by atomic mass is 10.1. The van der Waals surface area contributed by atoms with Crippen molar-refractivity contribution in [3.63, 3.8) is 0 Å². The number of ketones is 1. The van der Waals surface area contributed by atoms with Gasteiger partial charge >= 0.3 is 0 Å². The van der Waals surface area contributed by atoms with Crippen LogP contribution in [0.15, 0.2) is 54.6 Å². The standard InChI is InChI=1S/C21H23ClN2O2/c22-18-8-6-17(7-9-18)20(25)10-11-21(26)23-14-16-12-13-24(15-16)19-4-2-1-3-5-19/h1-9,16H,10-15H2,(H,23,26). The van der Waals surface area contributed by atoms with Gasteiger partial charge in [-0.1, -0.05) is 29.8 Å². The lowest BCUT2D eigenvalue weighted by molar-refractivity contribution is -0.121. The number of hydrogen-bond acceptors (Lipinski definition) is 3. The van der Waals surface area contributed by atoms with Gasteiger partial charge in [-0.2, -0.15) is 0 Å². The molecule has 0 spiro atoms. The maximum atomic E-state index is 12.1. The second-order valence-corrected chi connectivity index (χ2v) is 7.11. The molecule has 0 aromatic heterocycles. The SMILES string of the molecule is O=C(CCC(=O)c1ccc(Cl)cc1)NCC1CCN(c2ccccc2)C1. The number of halogens is 1. The van der Waals surface area contributed by atoms with Gasteiger partial charge in [0, 0.05) is 48.7 Å². The summed E-state index contributed by atoms with van der Waals surface area (Å²) in [6.07, 6.45) is 1.50. The predicted octanol–water partition coefficient (Wildman–Crippen LogP) is 3.95. The number of rotatable bonds is 7. The Bertz CT molecular complexity index is 746. The molecule has 1 atom stereocenters. The van der Waals surface area contributed by atoms with Crippen molar-refractivity contribution < 1.29 is 9.59 Å². The Balaban J connectivity index is 1.38. The molecule has 1 aliphatic heterocycles. The van der Waals surface area contributed by atoms with Crippen LogP contribution < -0.4 is 10.2 Å². The van der Waals surface area contributed by atoms with E-state index in [4.69, 9.17) is 11.6 Å². The first-order chi connectivity index (χ1) is 12.6. The van der Waals surface area contributed by atoms with Crippen LogP contribution in [0.4, 0.5) is 5.69 Å². The van der Waals surface area contributed by atoms with E-state index in [1.165, 1.54) is 5.69 Å². The zero-order valence-electron chi connectivity index (χ0n) is 14.7. The van der Waals surface area contributed by atoms with Crippen LogP contribution in [0.25, 0.3) is 0 Å². The van der Waals surface area contributed by atoms with Gasteiger partial charge in [-0.15, -0.1) is 0 Å². The Morgan fingerprint density at radius 3 is 2.50 bits per heavy atom. The summed E-state index contributed by atoms with van der Waals surface area (Å²) < 4.78 is 0. The number of hydrogen-bond donors (Lipinski definition) is 1. The molecule has 1 saturated heterocycles. The molecule has 136 valence electrons. The van der Waals surface area contributed by atoms with Crippen LogP contribution >= 0.6 is 11.6 Å². The van der Waals surface area contributed by atoms with Crippen molar-refractivity contribution in [1.29, 1.82) is 0 Å². The van der Waals surface area contributed by atoms with E-state index in [0.29, 0.717) is 23.0 Å². The summed E-state index contributed by atoms with van der Waals surface area (Å²) in [7, 11) is 0. The molecule has 0 aliphatic carbocycles. The molecular weight excluding hydrogens is 348 g/mol. The Morgan fingerprint density at radius 1 is 1.04 bits per heavy atom. The normalized spacial score (nSPS) is 16.5. The molecule has 1 heterocycles. The van der Waals surface area contributed by atoms with Crippen LogP contribution in [0.3, 0.4) is 0 Å². The summed E-state index contributed by atoms with van der Waals surface area (Å²) in [5, 5.41) is 3.57. The third kappa shape index (κ3) is 5.09. The number of Topliss-reactive ketones (excluding diaryl/α,β-unsaturated/α-hetero) is 1. The van der Waals surface area contributed by atoms with Gasteiger partial charge < -0.3 is 10.2 Å². The highest BCUT2D eigenvalue weighted by atomic mass is 35.5. The van der Waals surface area contributed by atoms with Crippen LogP contribution in [0, 0.1) is 5.92 Å². The van der Waals surface area contributed by atoms with Crippen LogP contribution in [0.1, 0.15) is 29.6 Å². The molecule has 3 rings (SSSR count). The Kier molecular flexibility index (Phi) is 6.29. The highest BCUT2D eigenvalue weighted by Gasteiger charge is 2.23. The molecule has 1 fully saturated rings. The summed E-state index contributed by atoms with van der Waals surface area (Å²) in [4.78, 5) is 26.5. The average molecular weight is 371 g/mol. The molecule has 0 radical (unpaired) electrons. The average Bonchev–Trinajstić information content (AvgIpc) is 3.15. The molecular formula is C21H23ClN2O2. The predicted molar refractivity (Wildman–Crippen MR) is 105 cm³/mol. The molecule has 1 aliphatic rings. The summed E-state index contributed by atoms with van der Waals surface area (Å²) in [5.41, 5.74) is 1.83. The third-order valence-corrected chi connectivity index (χ3v) is 4.99. The lowest BCUT2D eigenvalue weighted by Crippen LogP contribution is -2.31. The molecule has 5 heteroatoms. The first-order valence-electron chi connectivity index (χ1n) is 8.97. The minimum Gasteiger partial charge on any atom is -0.371 e. The van der Waals surface area contributed by atoms with Crippen LogP contribution in [0.2, 0.25) is 5.02 Å². The zero-order chi connectivity index (χ0) is 18.4. The molecule has 0 saturated carbocycles. The van der Waals surface area contributed by atoms with E-state index in [9.17, 15) is 9.59 Å². The number of benzene rings is 2. The summed E-state index contributed by atoms with van der Waals surface area (Å²) in [6.45, 7) is 2.63. The molecule has 2 aromatic carbocycles. The fourth-order valence-electron chi connectivity index (χ4n) is 3.23.